The number of likely N-dealkylation sites (tertiary alicyclic amines) is 1. The number of carbonyl (C=O) groups is 1. The van der Waals surface area contributed by atoms with E-state index < -0.39 is 0 Å². The topological polar surface area (TPSA) is 82.8 Å². The van der Waals surface area contributed by atoms with Crippen LogP contribution >= 0.6 is 0 Å². The Morgan fingerprint density at radius 2 is 2.13 bits per heavy atom. The first kappa shape index (κ1) is 17.3. The summed E-state index contributed by atoms with van der Waals surface area (Å²) in [5.41, 5.74) is 7.61. The predicted octanol–water partition coefficient (Wildman–Crippen LogP) is 0.935. The summed E-state index contributed by atoms with van der Waals surface area (Å²) in [6, 6.07) is 7.95. The largest absolute Gasteiger partial charge is 0.370 e. The summed E-state index contributed by atoms with van der Waals surface area (Å²) in [6.07, 6.45) is 2.48. The van der Waals surface area contributed by atoms with Gasteiger partial charge in [0.1, 0.15) is 0 Å². The zero-order valence-electron chi connectivity index (χ0n) is 14.0. The van der Waals surface area contributed by atoms with E-state index in [0.29, 0.717) is 24.1 Å². The molecule has 1 aromatic carbocycles. The van der Waals surface area contributed by atoms with Crippen molar-refractivity contribution < 1.29 is 4.79 Å². The molecule has 1 unspecified atom stereocenters. The molecule has 1 fully saturated rings. The zero-order chi connectivity index (χ0) is 16.7. The van der Waals surface area contributed by atoms with Crippen LogP contribution in [0.2, 0.25) is 0 Å². The molecule has 0 bridgehead atoms. The minimum atomic E-state index is -0.0849. The minimum Gasteiger partial charge on any atom is -0.370 e. The number of aliphatic imine (C=N–C) groups is 1. The zero-order valence-corrected chi connectivity index (χ0v) is 14.0. The smallest absolute Gasteiger partial charge is 0.251 e. The molecule has 0 saturated carbocycles. The Kier molecular flexibility index (Phi) is 6.40. The van der Waals surface area contributed by atoms with Crippen LogP contribution in [0.3, 0.4) is 0 Å². The fourth-order valence-corrected chi connectivity index (χ4v) is 2.90. The summed E-state index contributed by atoms with van der Waals surface area (Å²) in [7, 11) is 1.62. The SMILES string of the molecule is CCN1CCCC1CNC(N)=NCc1ccc(C(=O)NC)cc1. The lowest BCUT2D eigenvalue weighted by atomic mass is 10.1. The summed E-state index contributed by atoms with van der Waals surface area (Å²) in [5.74, 6) is 0.390. The highest BCUT2D eigenvalue weighted by Gasteiger charge is 2.22. The van der Waals surface area contributed by atoms with Gasteiger partial charge in [0.15, 0.2) is 5.96 Å². The normalized spacial score (nSPS) is 18.9. The van der Waals surface area contributed by atoms with Crippen molar-refractivity contribution in [3.63, 3.8) is 0 Å². The molecule has 23 heavy (non-hydrogen) atoms. The minimum absolute atomic E-state index is 0.0849. The van der Waals surface area contributed by atoms with Crippen LogP contribution in [0.25, 0.3) is 0 Å². The molecule has 2 rings (SSSR count). The Balaban J connectivity index is 1.81. The number of hydrogen-bond acceptors (Lipinski definition) is 3. The van der Waals surface area contributed by atoms with E-state index in [4.69, 9.17) is 5.73 Å². The van der Waals surface area contributed by atoms with Gasteiger partial charge in [-0.2, -0.15) is 0 Å². The van der Waals surface area contributed by atoms with Crippen molar-refractivity contribution in [2.45, 2.75) is 32.4 Å². The number of carbonyl (C=O) groups excluding carboxylic acids is 1. The summed E-state index contributed by atoms with van der Waals surface area (Å²) < 4.78 is 0. The Bertz CT molecular complexity index is 540. The van der Waals surface area contributed by atoms with E-state index in [1.54, 1.807) is 19.2 Å². The number of nitrogens with zero attached hydrogens (tertiary/aromatic N) is 2. The second-order valence-electron chi connectivity index (χ2n) is 5.78. The van der Waals surface area contributed by atoms with Crippen LogP contribution < -0.4 is 16.4 Å². The molecule has 1 saturated heterocycles. The van der Waals surface area contributed by atoms with E-state index >= 15 is 0 Å². The van der Waals surface area contributed by atoms with Crippen molar-refractivity contribution >= 4 is 11.9 Å². The van der Waals surface area contributed by atoms with E-state index in [9.17, 15) is 4.79 Å². The molecular formula is C17H27N5O. The van der Waals surface area contributed by atoms with Crippen LogP contribution in [-0.4, -0.2) is 49.5 Å². The second-order valence-corrected chi connectivity index (χ2v) is 5.78. The van der Waals surface area contributed by atoms with Gasteiger partial charge in [-0.25, -0.2) is 4.99 Å². The quantitative estimate of drug-likeness (QED) is 0.538. The number of nitrogens with two attached hydrogens (primary N) is 1. The van der Waals surface area contributed by atoms with E-state index in [1.165, 1.54) is 19.4 Å². The van der Waals surface area contributed by atoms with Gasteiger partial charge in [-0.05, 0) is 43.6 Å². The lowest BCUT2D eigenvalue weighted by Crippen LogP contribution is -2.42. The molecule has 0 spiro atoms. The summed E-state index contributed by atoms with van der Waals surface area (Å²) >= 11 is 0. The average Bonchev–Trinajstić information content (AvgIpc) is 3.05. The molecule has 6 heteroatoms. The monoisotopic (exact) mass is 317 g/mol. The molecule has 0 aromatic heterocycles. The molecule has 126 valence electrons. The summed E-state index contributed by atoms with van der Waals surface area (Å²) in [4.78, 5) is 18.3. The number of guanidine groups is 1. The van der Waals surface area contributed by atoms with Crippen LogP contribution in [0.4, 0.5) is 0 Å². The van der Waals surface area contributed by atoms with Gasteiger partial charge in [0.25, 0.3) is 5.91 Å². The van der Waals surface area contributed by atoms with Gasteiger partial charge >= 0.3 is 0 Å². The first-order chi connectivity index (χ1) is 11.1. The molecule has 1 aromatic rings. The standard InChI is InChI=1S/C17H27N5O/c1-3-22-10-4-5-15(22)12-21-17(18)20-11-13-6-8-14(9-7-13)16(23)19-2/h6-9,15H,3-5,10-12H2,1-2H3,(H,19,23)(H3,18,20,21). The van der Waals surface area contributed by atoms with Crippen LogP contribution in [0, 0.1) is 0 Å². The predicted molar refractivity (Wildman–Crippen MR) is 93.4 cm³/mol. The molecule has 1 aliphatic rings. The highest BCUT2D eigenvalue weighted by molar-refractivity contribution is 5.93. The van der Waals surface area contributed by atoms with Gasteiger partial charge in [0.2, 0.25) is 0 Å². The van der Waals surface area contributed by atoms with E-state index in [0.717, 1.165) is 18.7 Å². The van der Waals surface area contributed by atoms with Crippen molar-refractivity contribution in [1.29, 1.82) is 0 Å². The van der Waals surface area contributed by atoms with Gasteiger partial charge in [0, 0.05) is 25.2 Å². The Morgan fingerprint density at radius 3 is 2.78 bits per heavy atom. The van der Waals surface area contributed by atoms with Crippen molar-refractivity contribution in [1.82, 2.24) is 15.5 Å². The number of hydrogen-bond donors (Lipinski definition) is 3. The first-order valence-electron chi connectivity index (χ1n) is 8.23. The molecule has 0 aliphatic carbocycles. The first-order valence-corrected chi connectivity index (χ1v) is 8.23. The van der Waals surface area contributed by atoms with Gasteiger partial charge in [-0.1, -0.05) is 19.1 Å². The highest BCUT2D eigenvalue weighted by atomic mass is 16.1. The van der Waals surface area contributed by atoms with Gasteiger partial charge in [0.05, 0.1) is 6.54 Å². The second kappa shape index (κ2) is 8.53. The molecule has 6 nitrogen and oxygen atoms in total. The fraction of sp³-hybridized carbons (Fsp3) is 0.529. The molecule has 0 radical (unpaired) electrons. The van der Waals surface area contributed by atoms with Crippen molar-refractivity contribution in [2.24, 2.45) is 10.7 Å². The van der Waals surface area contributed by atoms with Crippen molar-refractivity contribution in [3.05, 3.63) is 35.4 Å². The van der Waals surface area contributed by atoms with Gasteiger partial charge < -0.3 is 16.4 Å². The fourth-order valence-electron chi connectivity index (χ4n) is 2.90. The molecule has 4 N–H and O–H groups in total. The van der Waals surface area contributed by atoms with Crippen molar-refractivity contribution in [2.75, 3.05) is 26.7 Å². The van der Waals surface area contributed by atoms with Crippen LogP contribution in [0.15, 0.2) is 29.3 Å². The Labute approximate surface area is 138 Å². The molecule has 1 aliphatic heterocycles. The van der Waals surface area contributed by atoms with Crippen LogP contribution in [0.5, 0.6) is 0 Å². The third-order valence-electron chi connectivity index (χ3n) is 4.30. The highest BCUT2D eigenvalue weighted by Crippen LogP contribution is 2.15. The van der Waals surface area contributed by atoms with Crippen LogP contribution in [-0.2, 0) is 6.54 Å². The number of amides is 1. The van der Waals surface area contributed by atoms with Crippen LogP contribution in [0.1, 0.15) is 35.7 Å². The summed E-state index contributed by atoms with van der Waals surface area (Å²) in [6.45, 7) is 5.81. The maximum absolute atomic E-state index is 11.5. The maximum atomic E-state index is 11.5. The third kappa shape index (κ3) is 4.96. The summed E-state index contributed by atoms with van der Waals surface area (Å²) in [5, 5.41) is 5.82. The molecule has 1 heterocycles. The number of likely N-dealkylation sites (N-methyl/N-ethyl adjacent to an activating group) is 1. The lowest BCUT2D eigenvalue weighted by molar-refractivity contribution is 0.0963. The van der Waals surface area contributed by atoms with Gasteiger partial charge in [-0.3, -0.25) is 9.69 Å². The molecule has 1 amide bonds. The van der Waals surface area contributed by atoms with Crippen molar-refractivity contribution in [3.8, 4) is 0 Å². The van der Waals surface area contributed by atoms with E-state index in [-0.39, 0.29) is 5.91 Å². The maximum Gasteiger partial charge on any atom is 0.251 e. The Hall–Kier alpha value is -2.08. The third-order valence-corrected chi connectivity index (χ3v) is 4.30. The average molecular weight is 317 g/mol. The van der Waals surface area contributed by atoms with E-state index in [1.807, 2.05) is 12.1 Å². The molecular weight excluding hydrogens is 290 g/mol. The number of rotatable bonds is 6. The Morgan fingerprint density at radius 1 is 1.39 bits per heavy atom. The molecule has 1 atom stereocenters. The van der Waals surface area contributed by atoms with E-state index in [2.05, 4.69) is 27.4 Å². The van der Waals surface area contributed by atoms with Gasteiger partial charge in [-0.15, -0.1) is 0 Å². The number of nitrogens with one attached hydrogen (secondary N) is 2. The lowest BCUT2D eigenvalue weighted by Gasteiger charge is -2.23. The number of benzene rings is 1.